The van der Waals surface area contributed by atoms with Crippen molar-refractivity contribution in [2.45, 2.75) is 32.9 Å². The lowest BCUT2D eigenvalue weighted by atomic mass is 10.2. The molecule has 0 aliphatic carbocycles. The molecule has 0 radical (unpaired) electrons. The minimum atomic E-state index is -0.588. The number of rotatable bonds is 6. The Labute approximate surface area is 112 Å². The average Bonchev–Trinajstić information content (AvgIpc) is 2.44. The van der Waals surface area contributed by atoms with Gasteiger partial charge in [0.1, 0.15) is 11.7 Å². The molecule has 4 N–H and O–H groups in total. The van der Waals surface area contributed by atoms with E-state index >= 15 is 0 Å². The van der Waals surface area contributed by atoms with Gasteiger partial charge < -0.3 is 16.4 Å². The molecule has 1 unspecified atom stereocenters. The highest BCUT2D eigenvalue weighted by molar-refractivity contribution is 5.95. The fraction of sp³-hybridized carbons (Fsp3) is 0.462. The van der Waals surface area contributed by atoms with Crippen LogP contribution in [0.3, 0.4) is 0 Å². The predicted molar refractivity (Wildman–Crippen MR) is 72.4 cm³/mol. The highest BCUT2D eigenvalue weighted by atomic mass is 16.2. The summed E-state index contributed by atoms with van der Waals surface area (Å²) < 4.78 is 0. The quantitative estimate of drug-likeness (QED) is 0.683. The Morgan fingerprint density at radius 2 is 2.16 bits per heavy atom. The summed E-state index contributed by atoms with van der Waals surface area (Å²) in [5, 5.41) is 5.31. The topological polar surface area (TPSA) is 97.1 Å². The van der Waals surface area contributed by atoms with Gasteiger partial charge in [0.2, 0.25) is 5.91 Å². The first-order valence-electron chi connectivity index (χ1n) is 6.32. The summed E-state index contributed by atoms with van der Waals surface area (Å²) in [6.45, 7) is 4.58. The Kier molecular flexibility index (Phi) is 5.95. The van der Waals surface area contributed by atoms with Crippen molar-refractivity contribution in [1.29, 1.82) is 0 Å². The second-order valence-corrected chi connectivity index (χ2v) is 4.24. The lowest BCUT2D eigenvalue weighted by Crippen LogP contribution is -2.45. The SMILES string of the molecule is CCCNC(=O)C(C)NC(=O)c1ccc(CN)cn1. The molecule has 0 fully saturated rings. The van der Waals surface area contributed by atoms with Crippen molar-refractivity contribution in [2.75, 3.05) is 6.54 Å². The fourth-order valence-corrected chi connectivity index (χ4v) is 1.42. The van der Waals surface area contributed by atoms with Gasteiger partial charge in [-0.25, -0.2) is 0 Å². The maximum Gasteiger partial charge on any atom is 0.270 e. The van der Waals surface area contributed by atoms with Crippen LogP contribution in [0, 0.1) is 0 Å². The van der Waals surface area contributed by atoms with E-state index in [4.69, 9.17) is 5.73 Å². The maximum atomic E-state index is 11.8. The zero-order valence-corrected chi connectivity index (χ0v) is 11.3. The van der Waals surface area contributed by atoms with Crippen molar-refractivity contribution in [2.24, 2.45) is 5.73 Å². The molecule has 0 aliphatic rings. The lowest BCUT2D eigenvalue weighted by molar-refractivity contribution is -0.122. The third-order valence-electron chi connectivity index (χ3n) is 2.58. The average molecular weight is 264 g/mol. The van der Waals surface area contributed by atoms with Crippen LogP contribution < -0.4 is 16.4 Å². The van der Waals surface area contributed by atoms with E-state index in [0.717, 1.165) is 12.0 Å². The van der Waals surface area contributed by atoms with Crippen molar-refractivity contribution in [3.63, 3.8) is 0 Å². The third kappa shape index (κ3) is 4.67. The molecular formula is C13H20N4O2. The molecule has 19 heavy (non-hydrogen) atoms. The Morgan fingerprint density at radius 1 is 1.42 bits per heavy atom. The van der Waals surface area contributed by atoms with Gasteiger partial charge in [0.05, 0.1) is 0 Å². The summed E-state index contributed by atoms with van der Waals surface area (Å²) in [6, 6.07) is 2.74. The molecule has 1 rings (SSSR count). The number of carbonyl (C=O) groups excluding carboxylic acids is 2. The summed E-state index contributed by atoms with van der Waals surface area (Å²) in [6.07, 6.45) is 2.41. The molecule has 0 saturated heterocycles. The molecule has 104 valence electrons. The van der Waals surface area contributed by atoms with Crippen LogP contribution in [0.4, 0.5) is 0 Å². The molecule has 0 bridgehead atoms. The minimum Gasteiger partial charge on any atom is -0.354 e. The van der Waals surface area contributed by atoms with Crippen LogP contribution in [0.1, 0.15) is 36.3 Å². The Bertz CT molecular complexity index is 431. The second-order valence-electron chi connectivity index (χ2n) is 4.24. The smallest absolute Gasteiger partial charge is 0.270 e. The van der Waals surface area contributed by atoms with Crippen LogP contribution in [-0.2, 0) is 11.3 Å². The van der Waals surface area contributed by atoms with Crippen molar-refractivity contribution < 1.29 is 9.59 Å². The van der Waals surface area contributed by atoms with Crippen LogP contribution in [0.5, 0.6) is 0 Å². The van der Waals surface area contributed by atoms with E-state index in [1.165, 1.54) is 0 Å². The molecule has 6 nitrogen and oxygen atoms in total. The lowest BCUT2D eigenvalue weighted by Gasteiger charge is -2.13. The first-order chi connectivity index (χ1) is 9.08. The number of nitrogens with one attached hydrogen (secondary N) is 2. The van der Waals surface area contributed by atoms with Crippen molar-refractivity contribution in [1.82, 2.24) is 15.6 Å². The first kappa shape index (κ1) is 15.1. The zero-order valence-electron chi connectivity index (χ0n) is 11.3. The molecule has 0 spiro atoms. The van der Waals surface area contributed by atoms with E-state index < -0.39 is 6.04 Å². The number of hydrogen-bond acceptors (Lipinski definition) is 4. The van der Waals surface area contributed by atoms with Gasteiger partial charge >= 0.3 is 0 Å². The van der Waals surface area contributed by atoms with E-state index in [1.807, 2.05) is 6.92 Å². The van der Waals surface area contributed by atoms with Gasteiger partial charge in [-0.1, -0.05) is 13.0 Å². The molecular weight excluding hydrogens is 244 g/mol. The van der Waals surface area contributed by atoms with E-state index in [0.29, 0.717) is 13.1 Å². The highest BCUT2D eigenvalue weighted by Crippen LogP contribution is 2.00. The molecule has 6 heteroatoms. The third-order valence-corrected chi connectivity index (χ3v) is 2.58. The van der Waals surface area contributed by atoms with Gasteiger partial charge in [0, 0.05) is 19.3 Å². The minimum absolute atomic E-state index is 0.200. The number of nitrogens with two attached hydrogens (primary N) is 1. The fourth-order valence-electron chi connectivity index (χ4n) is 1.42. The number of amides is 2. The second kappa shape index (κ2) is 7.48. The molecule has 2 amide bonds. The Hall–Kier alpha value is -1.95. The molecule has 0 aromatic carbocycles. The monoisotopic (exact) mass is 264 g/mol. The van der Waals surface area contributed by atoms with Crippen molar-refractivity contribution in [3.05, 3.63) is 29.6 Å². The van der Waals surface area contributed by atoms with Gasteiger partial charge in [0.15, 0.2) is 0 Å². The first-order valence-corrected chi connectivity index (χ1v) is 6.32. The maximum absolute atomic E-state index is 11.8. The predicted octanol–water partition coefficient (Wildman–Crippen LogP) is 0.185. The molecule has 1 aromatic rings. The Morgan fingerprint density at radius 3 is 2.68 bits per heavy atom. The standard InChI is InChI=1S/C13H20N4O2/c1-3-6-15-12(18)9(2)17-13(19)11-5-4-10(7-14)8-16-11/h4-5,8-9H,3,6-7,14H2,1-2H3,(H,15,18)(H,17,19). The van der Waals surface area contributed by atoms with Crippen LogP contribution in [0.2, 0.25) is 0 Å². The van der Waals surface area contributed by atoms with Crippen LogP contribution in [-0.4, -0.2) is 29.4 Å². The normalized spacial score (nSPS) is 11.7. The summed E-state index contributed by atoms with van der Waals surface area (Å²) in [5.41, 5.74) is 6.57. The number of aromatic nitrogens is 1. The molecule has 0 aliphatic heterocycles. The largest absolute Gasteiger partial charge is 0.354 e. The van der Waals surface area contributed by atoms with Gasteiger partial charge in [-0.2, -0.15) is 0 Å². The molecule has 0 saturated carbocycles. The van der Waals surface area contributed by atoms with Crippen LogP contribution in [0.15, 0.2) is 18.3 Å². The summed E-state index contributed by atoms with van der Waals surface area (Å²) in [4.78, 5) is 27.5. The summed E-state index contributed by atoms with van der Waals surface area (Å²) in [5.74, 6) is -0.573. The summed E-state index contributed by atoms with van der Waals surface area (Å²) in [7, 11) is 0. The van der Waals surface area contributed by atoms with Gasteiger partial charge in [0.25, 0.3) is 5.91 Å². The van der Waals surface area contributed by atoms with Gasteiger partial charge in [-0.15, -0.1) is 0 Å². The van der Waals surface area contributed by atoms with Crippen molar-refractivity contribution >= 4 is 11.8 Å². The van der Waals surface area contributed by atoms with E-state index in [-0.39, 0.29) is 17.5 Å². The van der Waals surface area contributed by atoms with E-state index in [2.05, 4.69) is 15.6 Å². The summed E-state index contributed by atoms with van der Waals surface area (Å²) >= 11 is 0. The number of carbonyl (C=O) groups is 2. The van der Waals surface area contributed by atoms with E-state index in [9.17, 15) is 9.59 Å². The van der Waals surface area contributed by atoms with Crippen molar-refractivity contribution in [3.8, 4) is 0 Å². The van der Waals surface area contributed by atoms with Crippen LogP contribution in [0.25, 0.3) is 0 Å². The van der Waals surface area contributed by atoms with E-state index in [1.54, 1.807) is 25.3 Å². The number of nitrogens with zero attached hydrogens (tertiary/aromatic N) is 1. The van der Waals surface area contributed by atoms with Gasteiger partial charge in [-0.3, -0.25) is 14.6 Å². The zero-order chi connectivity index (χ0) is 14.3. The number of pyridine rings is 1. The molecule has 1 atom stereocenters. The van der Waals surface area contributed by atoms with Crippen LogP contribution >= 0.6 is 0 Å². The highest BCUT2D eigenvalue weighted by Gasteiger charge is 2.16. The molecule has 1 heterocycles. The Balaban J connectivity index is 2.55. The molecule has 1 aromatic heterocycles. The number of hydrogen-bond donors (Lipinski definition) is 3. The van der Waals surface area contributed by atoms with Gasteiger partial charge in [-0.05, 0) is 25.0 Å².